The van der Waals surface area contributed by atoms with E-state index in [-0.39, 0.29) is 55.2 Å². The van der Waals surface area contributed by atoms with Crippen molar-refractivity contribution in [1.82, 2.24) is 20.1 Å². The van der Waals surface area contributed by atoms with E-state index in [1.165, 1.54) is 25.5 Å². The zero-order valence-electron chi connectivity index (χ0n) is 30.2. The van der Waals surface area contributed by atoms with Gasteiger partial charge in [-0.1, -0.05) is 61.3 Å². The number of aromatic nitrogens is 1. The van der Waals surface area contributed by atoms with Crippen molar-refractivity contribution in [2.24, 2.45) is 23.5 Å². The largest absolute Gasteiger partial charge is 0.493 e. The van der Waals surface area contributed by atoms with Crippen LogP contribution in [0.15, 0.2) is 72.9 Å². The van der Waals surface area contributed by atoms with Gasteiger partial charge in [0, 0.05) is 53.9 Å². The standard InChI is InChI=1S/C31H36ClN5O6.C9H12/c1-17(2)43-26-7-4-18(8-27(26)42-3)31(41)37-14-20-13-36(16-24(23(20)15-37)30(40)35-12-28(33)38)29(39)9-19-11-34-25-10-21(32)5-6-22(19)25;1-2-6-9-7-4-3-5-8-9/h4-8,10-11,17,20,23-24,34H,9,12-16H2,1-3H3,(H2,33,38)(H,35,40);3-5,7-8H,2,6H2,1H3. The molecule has 2 fully saturated rings. The second kappa shape index (κ2) is 17.5. The van der Waals surface area contributed by atoms with E-state index in [1.807, 2.05) is 19.9 Å². The molecule has 2 aliphatic heterocycles. The molecule has 1 aromatic heterocycles. The molecule has 4 amide bonds. The Morgan fingerprint density at radius 1 is 0.962 bits per heavy atom. The molecule has 12 heteroatoms. The van der Waals surface area contributed by atoms with Gasteiger partial charge < -0.3 is 35.3 Å². The minimum atomic E-state index is -0.657. The highest BCUT2D eigenvalue weighted by molar-refractivity contribution is 6.31. The Kier molecular flexibility index (Phi) is 12.8. The summed E-state index contributed by atoms with van der Waals surface area (Å²) >= 11 is 6.11. The van der Waals surface area contributed by atoms with Gasteiger partial charge in [0.05, 0.1) is 32.1 Å². The fraction of sp³-hybridized carbons (Fsp3) is 0.400. The van der Waals surface area contributed by atoms with Crippen LogP contribution in [0.1, 0.15) is 48.7 Å². The first-order valence-corrected chi connectivity index (χ1v) is 18.1. The fourth-order valence-electron chi connectivity index (χ4n) is 7.08. The first-order chi connectivity index (χ1) is 25.0. The molecule has 2 saturated heterocycles. The van der Waals surface area contributed by atoms with Crippen molar-refractivity contribution in [2.45, 2.75) is 46.1 Å². The van der Waals surface area contributed by atoms with Gasteiger partial charge in [-0.2, -0.15) is 0 Å². The molecular formula is C40H48ClN5O6. The number of hydrogen-bond donors (Lipinski definition) is 3. The highest BCUT2D eigenvalue weighted by Crippen LogP contribution is 2.37. The maximum atomic E-state index is 13.6. The Morgan fingerprint density at radius 2 is 1.71 bits per heavy atom. The average Bonchev–Trinajstić information content (AvgIpc) is 3.74. The molecule has 0 aliphatic carbocycles. The number of aryl methyl sites for hydroxylation is 1. The summed E-state index contributed by atoms with van der Waals surface area (Å²) in [6.07, 6.45) is 4.33. The Balaban J connectivity index is 0.000000507. The normalized spacial score (nSPS) is 18.0. The quantitative estimate of drug-likeness (QED) is 0.192. The van der Waals surface area contributed by atoms with Crippen LogP contribution in [0.25, 0.3) is 10.9 Å². The molecule has 4 aromatic rings. The number of fused-ring (bicyclic) bond motifs is 2. The lowest BCUT2D eigenvalue weighted by molar-refractivity contribution is -0.139. The second-order valence-electron chi connectivity index (χ2n) is 13.7. The smallest absolute Gasteiger partial charge is 0.254 e. The van der Waals surface area contributed by atoms with E-state index in [9.17, 15) is 19.2 Å². The lowest BCUT2D eigenvalue weighted by Crippen LogP contribution is -2.54. The third-order valence-corrected chi connectivity index (χ3v) is 9.75. The van der Waals surface area contributed by atoms with Crippen molar-refractivity contribution >= 4 is 46.1 Å². The van der Waals surface area contributed by atoms with E-state index in [0.29, 0.717) is 41.7 Å². The number of nitrogens with one attached hydrogen (secondary N) is 2. The van der Waals surface area contributed by atoms with E-state index < -0.39 is 11.8 Å². The summed E-state index contributed by atoms with van der Waals surface area (Å²) in [5, 5.41) is 4.11. The number of carbonyl (C=O) groups is 4. The maximum Gasteiger partial charge on any atom is 0.254 e. The van der Waals surface area contributed by atoms with Gasteiger partial charge in [-0.05, 0) is 73.6 Å². The molecule has 276 valence electrons. The lowest BCUT2D eigenvalue weighted by atomic mass is 9.79. The van der Waals surface area contributed by atoms with E-state index in [0.717, 1.165) is 16.5 Å². The maximum absolute atomic E-state index is 13.6. The molecule has 0 spiro atoms. The molecule has 0 radical (unpaired) electrons. The number of carbonyl (C=O) groups excluding carboxylic acids is 4. The third-order valence-electron chi connectivity index (χ3n) is 9.52. The Labute approximate surface area is 309 Å². The summed E-state index contributed by atoms with van der Waals surface area (Å²) in [7, 11) is 1.52. The number of benzene rings is 3. The number of methoxy groups -OCH3 is 1. The van der Waals surface area contributed by atoms with Crippen LogP contribution in [0.2, 0.25) is 5.02 Å². The van der Waals surface area contributed by atoms with Gasteiger partial charge >= 0.3 is 0 Å². The molecule has 52 heavy (non-hydrogen) atoms. The van der Waals surface area contributed by atoms with E-state index in [1.54, 1.807) is 46.3 Å². The summed E-state index contributed by atoms with van der Waals surface area (Å²) in [4.78, 5) is 58.5. The van der Waals surface area contributed by atoms with Gasteiger partial charge in [-0.15, -0.1) is 0 Å². The van der Waals surface area contributed by atoms with Crippen LogP contribution in [-0.4, -0.2) is 84.4 Å². The fourth-order valence-corrected chi connectivity index (χ4v) is 7.25. The molecule has 2 aliphatic rings. The number of rotatable bonds is 11. The lowest BCUT2D eigenvalue weighted by Gasteiger charge is -2.39. The number of halogens is 1. The van der Waals surface area contributed by atoms with Crippen molar-refractivity contribution in [2.75, 3.05) is 39.8 Å². The summed E-state index contributed by atoms with van der Waals surface area (Å²) in [5.74, 6) is -1.28. The predicted octanol–water partition coefficient (Wildman–Crippen LogP) is 5.25. The molecule has 3 atom stereocenters. The molecule has 3 aromatic carbocycles. The van der Waals surface area contributed by atoms with Gasteiger partial charge in [0.1, 0.15) is 0 Å². The van der Waals surface area contributed by atoms with E-state index in [2.05, 4.69) is 47.6 Å². The van der Waals surface area contributed by atoms with Crippen LogP contribution in [0.3, 0.4) is 0 Å². The van der Waals surface area contributed by atoms with E-state index >= 15 is 0 Å². The van der Waals surface area contributed by atoms with Crippen LogP contribution in [0.5, 0.6) is 11.5 Å². The highest BCUT2D eigenvalue weighted by Gasteiger charge is 2.48. The average molecular weight is 730 g/mol. The van der Waals surface area contributed by atoms with E-state index in [4.69, 9.17) is 26.8 Å². The molecule has 4 N–H and O–H groups in total. The molecular weight excluding hydrogens is 682 g/mol. The molecule has 3 heterocycles. The van der Waals surface area contributed by atoms with Crippen molar-refractivity contribution < 1.29 is 28.7 Å². The van der Waals surface area contributed by atoms with Crippen molar-refractivity contribution in [1.29, 1.82) is 0 Å². The van der Waals surface area contributed by atoms with Crippen LogP contribution in [0, 0.1) is 17.8 Å². The minimum Gasteiger partial charge on any atom is -0.493 e. The first kappa shape index (κ1) is 38.2. The summed E-state index contributed by atoms with van der Waals surface area (Å²) in [6.45, 7) is 7.03. The van der Waals surface area contributed by atoms with Crippen LogP contribution in [-0.2, 0) is 27.2 Å². The number of aromatic amines is 1. The molecule has 3 unspecified atom stereocenters. The van der Waals surface area contributed by atoms with Crippen LogP contribution >= 0.6 is 11.6 Å². The number of ether oxygens (including phenoxy) is 2. The number of piperidine rings is 1. The van der Waals surface area contributed by atoms with Crippen LogP contribution in [0.4, 0.5) is 0 Å². The zero-order chi connectivity index (χ0) is 37.4. The minimum absolute atomic E-state index is 0.0603. The Morgan fingerprint density at radius 3 is 2.40 bits per heavy atom. The SMILES string of the molecule is CCCc1ccccc1.COc1cc(C(=O)N2CC3CN(C(=O)Cc4c[nH]c5cc(Cl)ccc45)CC(C(=O)NCC(N)=O)C3C2)ccc1OC(C)C. The topological polar surface area (TPSA) is 147 Å². The summed E-state index contributed by atoms with van der Waals surface area (Å²) < 4.78 is 11.2. The number of hydrogen-bond acceptors (Lipinski definition) is 6. The van der Waals surface area contributed by atoms with Gasteiger partial charge in [0.25, 0.3) is 5.91 Å². The number of amides is 4. The van der Waals surface area contributed by atoms with Gasteiger partial charge in [-0.3, -0.25) is 19.2 Å². The van der Waals surface area contributed by atoms with Gasteiger partial charge in [0.2, 0.25) is 17.7 Å². The number of nitrogens with zero attached hydrogens (tertiary/aromatic N) is 2. The summed E-state index contributed by atoms with van der Waals surface area (Å²) in [5.41, 5.74) is 8.82. The van der Waals surface area contributed by atoms with Crippen molar-refractivity contribution in [3.8, 4) is 11.5 Å². The van der Waals surface area contributed by atoms with Crippen molar-refractivity contribution in [3.63, 3.8) is 0 Å². The van der Waals surface area contributed by atoms with Crippen LogP contribution < -0.4 is 20.5 Å². The number of likely N-dealkylation sites (tertiary alicyclic amines) is 2. The Bertz CT molecular complexity index is 1880. The van der Waals surface area contributed by atoms with Gasteiger partial charge in [-0.25, -0.2) is 0 Å². The molecule has 11 nitrogen and oxygen atoms in total. The summed E-state index contributed by atoms with van der Waals surface area (Å²) in [6, 6.07) is 21.1. The number of primary amides is 1. The molecule has 6 rings (SSSR count). The first-order valence-electron chi connectivity index (χ1n) is 17.7. The molecule has 0 bridgehead atoms. The zero-order valence-corrected chi connectivity index (χ0v) is 30.9. The monoisotopic (exact) mass is 729 g/mol. The van der Waals surface area contributed by atoms with Gasteiger partial charge in [0.15, 0.2) is 11.5 Å². The number of H-pyrrole nitrogens is 1. The third kappa shape index (κ3) is 9.44. The Hall–Kier alpha value is -5.03. The predicted molar refractivity (Wildman–Crippen MR) is 201 cm³/mol. The molecule has 0 saturated carbocycles. The van der Waals surface area contributed by atoms with Crippen molar-refractivity contribution in [3.05, 3.63) is 94.6 Å². The number of nitrogens with two attached hydrogens (primary N) is 1. The second-order valence-corrected chi connectivity index (χ2v) is 14.1. The highest BCUT2D eigenvalue weighted by atomic mass is 35.5.